The lowest BCUT2D eigenvalue weighted by Gasteiger charge is -2.34. The van der Waals surface area contributed by atoms with E-state index in [1.807, 2.05) is 0 Å². The van der Waals surface area contributed by atoms with Gasteiger partial charge in [-0.2, -0.15) is 0 Å². The third-order valence-electron chi connectivity index (χ3n) is 10.7. The third-order valence-corrected chi connectivity index (χ3v) is 15.5. The molecular formula is C48H34N2Si. The van der Waals surface area contributed by atoms with E-state index >= 15 is 0 Å². The highest BCUT2D eigenvalue weighted by Gasteiger charge is 2.41. The minimum atomic E-state index is -2.63. The van der Waals surface area contributed by atoms with E-state index in [0.717, 1.165) is 11.4 Å². The van der Waals surface area contributed by atoms with Gasteiger partial charge in [0, 0.05) is 32.9 Å². The second kappa shape index (κ2) is 11.9. The van der Waals surface area contributed by atoms with Crippen molar-refractivity contribution in [1.82, 2.24) is 9.13 Å². The Kier molecular flexibility index (Phi) is 6.86. The number of benzene rings is 8. The summed E-state index contributed by atoms with van der Waals surface area (Å²) in [6.45, 7) is 0. The molecular weight excluding hydrogens is 633 g/mol. The molecule has 0 aliphatic heterocycles. The molecule has 0 saturated carbocycles. The summed E-state index contributed by atoms with van der Waals surface area (Å²) in [6, 6.07) is 76.1. The summed E-state index contributed by atoms with van der Waals surface area (Å²) in [4.78, 5) is 0. The van der Waals surface area contributed by atoms with Crippen molar-refractivity contribution in [2.45, 2.75) is 0 Å². The van der Waals surface area contributed by atoms with E-state index in [4.69, 9.17) is 0 Å². The first-order chi connectivity index (χ1) is 25.3. The molecule has 10 rings (SSSR count). The van der Waals surface area contributed by atoms with Crippen molar-refractivity contribution < 1.29 is 0 Å². The largest absolute Gasteiger partial charge is 0.309 e. The van der Waals surface area contributed by atoms with Crippen LogP contribution in [-0.2, 0) is 0 Å². The maximum atomic E-state index is 2.45. The fraction of sp³-hybridized carbons (Fsp3) is 0. The van der Waals surface area contributed by atoms with Gasteiger partial charge in [-0.25, -0.2) is 0 Å². The smallest absolute Gasteiger partial charge is 0.179 e. The van der Waals surface area contributed by atoms with E-state index < -0.39 is 8.07 Å². The molecule has 240 valence electrons. The Morgan fingerprint density at radius 1 is 0.255 bits per heavy atom. The SMILES string of the molecule is c1ccc([Si](c2ccccc2)(c2ccccc2)c2ccc(-n3c4ccccc4c4ccc(-n5c6ccccc6c6ccccc65)cc43)cc2)cc1. The van der Waals surface area contributed by atoms with Crippen LogP contribution in [0.3, 0.4) is 0 Å². The van der Waals surface area contributed by atoms with Crippen LogP contribution in [0, 0.1) is 0 Å². The molecule has 10 aromatic rings. The molecule has 0 N–H and O–H groups in total. The van der Waals surface area contributed by atoms with E-state index in [-0.39, 0.29) is 0 Å². The summed E-state index contributed by atoms with van der Waals surface area (Å²) in [7, 11) is -2.63. The van der Waals surface area contributed by atoms with Crippen LogP contribution in [0.25, 0.3) is 55.0 Å². The average Bonchev–Trinajstić information content (AvgIpc) is 3.72. The molecule has 0 atom stereocenters. The molecule has 2 heterocycles. The van der Waals surface area contributed by atoms with Gasteiger partial charge < -0.3 is 9.13 Å². The highest BCUT2D eigenvalue weighted by atomic mass is 28.3. The van der Waals surface area contributed by atoms with Crippen molar-refractivity contribution in [1.29, 1.82) is 0 Å². The van der Waals surface area contributed by atoms with Crippen LogP contribution in [-0.4, -0.2) is 17.2 Å². The number of aromatic nitrogens is 2. The van der Waals surface area contributed by atoms with Crippen LogP contribution in [0.15, 0.2) is 206 Å². The lowest BCUT2D eigenvalue weighted by atomic mass is 10.1. The summed E-state index contributed by atoms with van der Waals surface area (Å²) in [5, 5.41) is 10.5. The first kappa shape index (κ1) is 29.5. The number of hydrogen-bond acceptors (Lipinski definition) is 0. The fourth-order valence-corrected chi connectivity index (χ4v) is 13.2. The van der Waals surface area contributed by atoms with E-state index in [1.165, 1.54) is 64.4 Å². The molecule has 2 nitrogen and oxygen atoms in total. The topological polar surface area (TPSA) is 9.86 Å². The minimum Gasteiger partial charge on any atom is -0.309 e. The van der Waals surface area contributed by atoms with Gasteiger partial charge >= 0.3 is 0 Å². The molecule has 0 spiro atoms. The fourth-order valence-electron chi connectivity index (χ4n) is 8.50. The zero-order valence-electron chi connectivity index (χ0n) is 28.0. The van der Waals surface area contributed by atoms with Crippen molar-refractivity contribution in [3.63, 3.8) is 0 Å². The lowest BCUT2D eigenvalue weighted by Crippen LogP contribution is -2.74. The van der Waals surface area contributed by atoms with Crippen molar-refractivity contribution >= 4 is 72.4 Å². The standard InChI is InChI=1S/C48H34N2Si/c1-4-16-37(17-5-1)51(38-18-6-2-7-19-38,39-20-8-3-9-21-39)40-31-28-35(29-32-40)49-45-25-13-12-24-43(45)44-33-30-36(34-48(44)49)50-46-26-14-10-22-41(46)42-23-11-15-27-47(42)50/h1-34H. The van der Waals surface area contributed by atoms with Gasteiger partial charge in [-0.15, -0.1) is 0 Å². The zero-order chi connectivity index (χ0) is 33.8. The van der Waals surface area contributed by atoms with E-state index in [2.05, 4.69) is 215 Å². The highest BCUT2D eigenvalue weighted by molar-refractivity contribution is 7.19. The summed E-state index contributed by atoms with van der Waals surface area (Å²) < 4.78 is 4.86. The van der Waals surface area contributed by atoms with Gasteiger partial charge in [0.15, 0.2) is 8.07 Å². The third kappa shape index (κ3) is 4.49. The number of fused-ring (bicyclic) bond motifs is 6. The second-order valence-electron chi connectivity index (χ2n) is 13.3. The Hall–Kier alpha value is -6.42. The molecule has 2 aromatic heterocycles. The van der Waals surface area contributed by atoms with Gasteiger partial charge in [0.2, 0.25) is 0 Å². The zero-order valence-corrected chi connectivity index (χ0v) is 29.0. The predicted octanol–water partition coefficient (Wildman–Crippen LogP) is 9.26. The number of hydrogen-bond donors (Lipinski definition) is 0. The second-order valence-corrected chi connectivity index (χ2v) is 17.1. The minimum absolute atomic E-state index is 1.15. The number of nitrogens with zero attached hydrogens (tertiary/aromatic N) is 2. The Morgan fingerprint density at radius 2 is 0.588 bits per heavy atom. The van der Waals surface area contributed by atoms with Gasteiger partial charge in [0.05, 0.1) is 22.1 Å². The Morgan fingerprint density at radius 3 is 1.04 bits per heavy atom. The van der Waals surface area contributed by atoms with E-state index in [0.29, 0.717) is 0 Å². The Labute approximate surface area is 298 Å². The monoisotopic (exact) mass is 666 g/mol. The predicted molar refractivity (Wildman–Crippen MR) is 219 cm³/mol. The maximum Gasteiger partial charge on any atom is 0.179 e. The van der Waals surface area contributed by atoms with Crippen LogP contribution >= 0.6 is 0 Å². The molecule has 51 heavy (non-hydrogen) atoms. The van der Waals surface area contributed by atoms with Crippen LogP contribution in [0.2, 0.25) is 0 Å². The van der Waals surface area contributed by atoms with Gasteiger partial charge in [0.25, 0.3) is 0 Å². The van der Waals surface area contributed by atoms with E-state index in [9.17, 15) is 0 Å². The highest BCUT2D eigenvalue weighted by Crippen LogP contribution is 2.36. The molecule has 0 amide bonds. The summed E-state index contributed by atoms with van der Waals surface area (Å²) in [5.74, 6) is 0. The van der Waals surface area contributed by atoms with Crippen LogP contribution in [0.1, 0.15) is 0 Å². The molecule has 3 heteroatoms. The molecule has 0 radical (unpaired) electrons. The van der Waals surface area contributed by atoms with Crippen LogP contribution in [0.4, 0.5) is 0 Å². The van der Waals surface area contributed by atoms with Crippen LogP contribution < -0.4 is 20.7 Å². The maximum absolute atomic E-state index is 2.63. The van der Waals surface area contributed by atoms with E-state index in [1.54, 1.807) is 0 Å². The molecule has 0 unspecified atom stereocenters. The van der Waals surface area contributed by atoms with Gasteiger partial charge in [0.1, 0.15) is 0 Å². The summed E-state index contributed by atoms with van der Waals surface area (Å²) in [5.41, 5.74) is 7.15. The number of rotatable bonds is 6. The Bertz CT molecular complexity index is 2680. The van der Waals surface area contributed by atoms with Crippen molar-refractivity contribution in [2.75, 3.05) is 0 Å². The molecule has 0 aliphatic carbocycles. The quantitative estimate of drug-likeness (QED) is 0.124. The first-order valence-corrected chi connectivity index (χ1v) is 19.6. The molecule has 0 bridgehead atoms. The normalized spacial score (nSPS) is 11.9. The van der Waals surface area contributed by atoms with Crippen LogP contribution in [0.5, 0.6) is 0 Å². The van der Waals surface area contributed by atoms with Gasteiger partial charge in [-0.3, -0.25) is 0 Å². The lowest BCUT2D eigenvalue weighted by molar-refractivity contribution is 1.16. The van der Waals surface area contributed by atoms with Crippen molar-refractivity contribution in [3.05, 3.63) is 206 Å². The van der Waals surface area contributed by atoms with Gasteiger partial charge in [-0.1, -0.05) is 164 Å². The number of para-hydroxylation sites is 3. The molecule has 0 aliphatic rings. The molecule has 0 fully saturated rings. The molecule has 0 saturated heterocycles. The van der Waals surface area contributed by atoms with Crippen molar-refractivity contribution in [3.8, 4) is 11.4 Å². The molecule has 8 aromatic carbocycles. The summed E-state index contributed by atoms with van der Waals surface area (Å²) >= 11 is 0. The summed E-state index contributed by atoms with van der Waals surface area (Å²) in [6.07, 6.45) is 0. The van der Waals surface area contributed by atoms with Gasteiger partial charge in [-0.05, 0) is 63.2 Å². The average molecular weight is 667 g/mol. The first-order valence-electron chi connectivity index (χ1n) is 17.6. The Balaban J connectivity index is 1.21. The van der Waals surface area contributed by atoms with Crippen molar-refractivity contribution in [2.24, 2.45) is 0 Å².